The third kappa shape index (κ3) is 15.3. The minimum atomic E-state index is -5.35. The highest BCUT2D eigenvalue weighted by atomic mass is 19.4. The smallest absolute Gasteiger partial charge is 0.471 e. The Balaban J connectivity index is 0.898. The number of unbranched alkanes of at least 4 members (excludes halogenated alkanes) is 3. The largest absolute Gasteiger partial charge is 0.497 e. The normalized spacial score (nSPS) is 14.7. The molecule has 4 aromatic carbocycles. The van der Waals surface area contributed by atoms with Crippen molar-refractivity contribution in [1.82, 2.24) is 30.2 Å². The number of carbonyl (C=O) groups is 6. The van der Waals surface area contributed by atoms with Crippen LogP contribution in [0.1, 0.15) is 111 Å². The summed E-state index contributed by atoms with van der Waals surface area (Å²) in [6.45, 7) is 5.46. The van der Waals surface area contributed by atoms with Crippen LogP contribution in [0.25, 0.3) is 11.2 Å². The number of nitrogens with one attached hydrogen (secondary N) is 3. The van der Waals surface area contributed by atoms with Gasteiger partial charge in [0.1, 0.15) is 28.9 Å². The molecule has 4 amide bonds. The maximum atomic E-state index is 13.9. The molecule has 3 atom stereocenters. The van der Waals surface area contributed by atoms with Gasteiger partial charge in [0, 0.05) is 43.0 Å². The van der Waals surface area contributed by atoms with Crippen molar-refractivity contribution < 1.29 is 60.9 Å². The minimum Gasteiger partial charge on any atom is -0.497 e. The molecule has 19 nitrogen and oxygen atoms in total. The van der Waals surface area contributed by atoms with Gasteiger partial charge in [-0.05, 0) is 96.8 Å². The van der Waals surface area contributed by atoms with Crippen molar-refractivity contribution in [2.24, 2.45) is 11.8 Å². The molecule has 0 bridgehead atoms. The first-order chi connectivity index (χ1) is 39.2. The highest BCUT2D eigenvalue weighted by Gasteiger charge is 2.44. The molecule has 0 spiro atoms. The van der Waals surface area contributed by atoms with E-state index in [-0.39, 0.29) is 83.6 Å². The number of hydrogen-bond donors (Lipinski definition) is 3. The van der Waals surface area contributed by atoms with Crippen molar-refractivity contribution in [2.45, 2.75) is 109 Å². The summed E-state index contributed by atoms with van der Waals surface area (Å²) in [6.07, 6.45) is -0.628. The van der Waals surface area contributed by atoms with E-state index in [4.69, 9.17) is 18.9 Å². The SMILES string of the molecule is COC(=O)[C@H](CCC(=O)CCCCCCC(=O)N1C[C@H](C)C[C@H]1COC(c1ccccc1)(c1ccc(OC)cc1)c1ccc(OC)cc1)NC(=O)c1ccc(N(Cc2cnc3nc(NC(=O)C(C)C)[nH]c(=O)c3n2)C(=O)C(F)(F)F)cc1. The van der Waals surface area contributed by atoms with Crippen LogP contribution in [0.3, 0.4) is 0 Å². The van der Waals surface area contributed by atoms with Crippen LogP contribution in [0.15, 0.2) is 114 Å². The number of ketones is 1. The molecule has 3 N–H and O–H groups in total. The number of methoxy groups -OCH3 is 3. The molecule has 0 radical (unpaired) electrons. The quantitative estimate of drug-likeness (QED) is 0.0262. The Labute approximate surface area is 472 Å². The second-order valence-corrected chi connectivity index (χ2v) is 20.4. The summed E-state index contributed by atoms with van der Waals surface area (Å²) in [5, 5.41) is 4.95. The second kappa shape index (κ2) is 27.8. The molecule has 82 heavy (non-hydrogen) atoms. The van der Waals surface area contributed by atoms with E-state index in [1.165, 1.54) is 0 Å². The molecule has 1 aliphatic rings. The lowest BCUT2D eigenvalue weighted by Crippen LogP contribution is -2.42. The van der Waals surface area contributed by atoms with Crippen LogP contribution in [0.2, 0.25) is 0 Å². The number of nitrogens with zero attached hydrogens (tertiary/aromatic N) is 5. The number of Topliss-reactive ketones (excluding diaryl/α,β-unsaturated/α-hetero) is 1. The van der Waals surface area contributed by atoms with E-state index < -0.39 is 59.5 Å². The lowest BCUT2D eigenvalue weighted by Gasteiger charge is -2.38. The van der Waals surface area contributed by atoms with E-state index in [0.717, 1.165) is 60.7 Å². The van der Waals surface area contributed by atoms with Gasteiger partial charge < -0.3 is 29.2 Å². The maximum absolute atomic E-state index is 13.9. The third-order valence-electron chi connectivity index (χ3n) is 14.2. The van der Waals surface area contributed by atoms with Gasteiger partial charge in [-0.15, -0.1) is 0 Å². The fourth-order valence-electron chi connectivity index (χ4n) is 9.81. The van der Waals surface area contributed by atoms with Crippen LogP contribution in [0.4, 0.5) is 24.8 Å². The molecule has 2 aromatic heterocycles. The Kier molecular flexibility index (Phi) is 20.7. The number of benzene rings is 4. The van der Waals surface area contributed by atoms with Crippen molar-refractivity contribution in [3.8, 4) is 11.5 Å². The third-order valence-corrected chi connectivity index (χ3v) is 14.2. The van der Waals surface area contributed by atoms with Crippen molar-refractivity contribution in [3.05, 3.63) is 148 Å². The van der Waals surface area contributed by atoms with E-state index in [1.54, 1.807) is 28.1 Å². The number of esters is 1. The van der Waals surface area contributed by atoms with Gasteiger partial charge in [-0.3, -0.25) is 44.0 Å². The van der Waals surface area contributed by atoms with E-state index in [9.17, 15) is 46.7 Å². The number of aromatic nitrogens is 4. The Morgan fingerprint density at radius 1 is 0.780 bits per heavy atom. The number of alkyl halides is 3. The van der Waals surface area contributed by atoms with Gasteiger partial charge in [-0.25, -0.2) is 14.8 Å². The molecule has 3 heterocycles. The van der Waals surface area contributed by atoms with Gasteiger partial charge in [0.05, 0.1) is 52.4 Å². The van der Waals surface area contributed by atoms with Gasteiger partial charge in [0.2, 0.25) is 17.8 Å². The number of hydrogen-bond acceptors (Lipinski definition) is 14. The number of ether oxygens (including phenoxy) is 4. The fourth-order valence-corrected chi connectivity index (χ4v) is 9.81. The number of rotatable bonds is 26. The van der Waals surface area contributed by atoms with Crippen LogP contribution in [-0.2, 0) is 45.6 Å². The molecular formula is C60H67F3N8O11. The fraction of sp³-hybridized carbons (Fsp3) is 0.400. The average Bonchev–Trinajstić information content (AvgIpc) is 3.95. The lowest BCUT2D eigenvalue weighted by molar-refractivity contribution is -0.170. The highest BCUT2D eigenvalue weighted by Crippen LogP contribution is 2.43. The number of halogens is 3. The molecule has 0 aliphatic carbocycles. The summed E-state index contributed by atoms with van der Waals surface area (Å²) in [6, 6.07) is 28.7. The summed E-state index contributed by atoms with van der Waals surface area (Å²) in [7, 11) is 4.36. The van der Waals surface area contributed by atoms with E-state index in [2.05, 4.69) is 37.5 Å². The van der Waals surface area contributed by atoms with Crippen molar-refractivity contribution in [1.29, 1.82) is 0 Å². The number of likely N-dealkylation sites (tertiary alicyclic amines) is 1. The molecule has 22 heteroatoms. The topological polar surface area (TPSA) is 241 Å². The predicted molar refractivity (Wildman–Crippen MR) is 298 cm³/mol. The van der Waals surface area contributed by atoms with Crippen LogP contribution in [0.5, 0.6) is 11.5 Å². The van der Waals surface area contributed by atoms with Gasteiger partial charge in [-0.1, -0.05) is 88.2 Å². The van der Waals surface area contributed by atoms with Gasteiger partial charge in [0.15, 0.2) is 11.2 Å². The molecular weight excluding hydrogens is 1070 g/mol. The summed E-state index contributed by atoms with van der Waals surface area (Å²) in [4.78, 5) is 108. The summed E-state index contributed by atoms with van der Waals surface area (Å²) >= 11 is 0. The van der Waals surface area contributed by atoms with Gasteiger partial charge in [-0.2, -0.15) is 18.2 Å². The Morgan fingerprint density at radius 2 is 1.39 bits per heavy atom. The highest BCUT2D eigenvalue weighted by molar-refractivity contribution is 6.00. The van der Waals surface area contributed by atoms with Crippen LogP contribution < -0.4 is 30.6 Å². The standard InChI is InChI=1S/C60H67F3N8O11/c1-37(2)53(74)68-58-67-52-51(55(76)69-58)65-43(33-64-52)35-71(57(78)60(61,62)63)44-24-18-39(19-25-44)54(75)66-49(56(77)81-6)31-26-46(72)16-12-7-8-13-17-50(73)70-34-38(3)32-45(70)36-82-59(40-14-10-9-11-15-40,41-20-27-47(79-4)28-21-41)42-22-29-48(80-5)30-23-42/h9-11,14-15,18-25,27-30,33,37-38,45,49H,7-8,12-13,16-17,26,31-32,34-36H2,1-6H3,(H,66,75)(H2,64,67,68,69,74,76)/t38-,45+,49+/m1/s1. The minimum absolute atomic E-state index is 0.0373. The van der Waals surface area contributed by atoms with Crippen molar-refractivity contribution >= 4 is 58.2 Å². The second-order valence-electron chi connectivity index (χ2n) is 20.4. The molecule has 6 aromatic rings. The van der Waals surface area contributed by atoms with Gasteiger partial charge in [0.25, 0.3) is 11.5 Å². The first-order valence-corrected chi connectivity index (χ1v) is 27.0. The first-order valence-electron chi connectivity index (χ1n) is 27.0. The first kappa shape index (κ1) is 61.1. The number of carbonyl (C=O) groups excluding carboxylic acids is 6. The van der Waals surface area contributed by atoms with Crippen molar-refractivity contribution in [3.63, 3.8) is 0 Å². The maximum Gasteiger partial charge on any atom is 0.471 e. The number of amides is 4. The van der Waals surface area contributed by atoms with E-state index in [0.29, 0.717) is 55.0 Å². The van der Waals surface area contributed by atoms with Gasteiger partial charge >= 0.3 is 18.1 Å². The Bertz CT molecular complexity index is 3200. The summed E-state index contributed by atoms with van der Waals surface area (Å²) < 4.78 is 64.8. The van der Waals surface area contributed by atoms with Crippen LogP contribution >= 0.6 is 0 Å². The number of aromatic amines is 1. The molecule has 7 rings (SSSR count). The van der Waals surface area contributed by atoms with E-state index >= 15 is 0 Å². The predicted octanol–water partition coefficient (Wildman–Crippen LogP) is 8.63. The molecule has 434 valence electrons. The number of anilines is 2. The molecule has 0 saturated carbocycles. The molecule has 1 fully saturated rings. The Hall–Kier alpha value is -8.53. The zero-order chi connectivity index (χ0) is 59.1. The zero-order valence-electron chi connectivity index (χ0n) is 46.5. The molecule has 1 aliphatic heterocycles. The monoisotopic (exact) mass is 1130 g/mol. The average molecular weight is 1130 g/mol. The Morgan fingerprint density at radius 3 is 1.98 bits per heavy atom. The molecule has 1 saturated heterocycles. The molecule has 0 unspecified atom stereocenters. The number of fused-ring (bicyclic) bond motifs is 1. The van der Waals surface area contributed by atoms with Crippen LogP contribution in [-0.4, -0.2) is 113 Å². The van der Waals surface area contributed by atoms with E-state index in [1.807, 2.05) is 83.8 Å². The summed E-state index contributed by atoms with van der Waals surface area (Å²) in [5.41, 5.74) is -0.352. The van der Waals surface area contributed by atoms with Crippen molar-refractivity contribution in [2.75, 3.05) is 44.7 Å². The summed E-state index contributed by atoms with van der Waals surface area (Å²) in [5.74, 6) is -3.44. The van der Waals surface area contributed by atoms with Crippen LogP contribution in [0, 0.1) is 11.8 Å². The number of H-pyrrole nitrogens is 1. The lowest BCUT2D eigenvalue weighted by atomic mass is 9.80. The zero-order valence-corrected chi connectivity index (χ0v) is 46.5.